The number of ether oxygens (including phenoxy) is 1. The molecular formula is C10H21NO. The van der Waals surface area contributed by atoms with Gasteiger partial charge in [0.2, 0.25) is 0 Å². The minimum absolute atomic E-state index is 0.828. The van der Waals surface area contributed by atoms with Gasteiger partial charge in [0, 0.05) is 6.61 Å². The summed E-state index contributed by atoms with van der Waals surface area (Å²) in [5, 5.41) is 3.11. The van der Waals surface area contributed by atoms with Crippen molar-refractivity contribution in [2.24, 2.45) is 0 Å². The van der Waals surface area contributed by atoms with E-state index in [9.17, 15) is 0 Å². The molecule has 0 saturated heterocycles. The molecule has 0 aromatic heterocycles. The molecule has 0 aromatic carbocycles. The van der Waals surface area contributed by atoms with Crippen LogP contribution in [-0.4, -0.2) is 26.8 Å². The molecule has 0 aromatic rings. The Morgan fingerprint density at radius 3 is 2.67 bits per heavy atom. The topological polar surface area (TPSA) is 21.3 Å². The van der Waals surface area contributed by atoms with Crippen LogP contribution in [0.15, 0.2) is 12.2 Å². The van der Waals surface area contributed by atoms with E-state index in [1.165, 1.54) is 12.0 Å². The van der Waals surface area contributed by atoms with Crippen molar-refractivity contribution in [1.82, 2.24) is 5.32 Å². The molecule has 0 aliphatic carbocycles. The maximum Gasteiger partial charge on any atom is 0.0502 e. The van der Waals surface area contributed by atoms with Crippen LogP contribution in [0.1, 0.15) is 26.2 Å². The molecule has 2 heteroatoms. The van der Waals surface area contributed by atoms with Crippen molar-refractivity contribution in [3.63, 3.8) is 0 Å². The van der Waals surface area contributed by atoms with Crippen LogP contribution >= 0.6 is 0 Å². The normalized spacial score (nSPS) is 10.2. The highest BCUT2D eigenvalue weighted by molar-refractivity contribution is 4.86. The van der Waals surface area contributed by atoms with Crippen molar-refractivity contribution in [1.29, 1.82) is 0 Å². The first kappa shape index (κ1) is 11.7. The SMILES string of the molecule is C=C(C)CCOCCCCNC. The number of nitrogens with one attached hydrogen (secondary N) is 1. The molecule has 72 valence electrons. The lowest BCUT2D eigenvalue weighted by atomic mass is 10.3. The van der Waals surface area contributed by atoms with Gasteiger partial charge in [-0.05, 0) is 39.8 Å². The average Bonchev–Trinajstić information content (AvgIpc) is 2.02. The average molecular weight is 171 g/mol. The first-order valence-electron chi connectivity index (χ1n) is 4.64. The fourth-order valence-corrected chi connectivity index (χ4v) is 0.854. The first-order chi connectivity index (χ1) is 5.77. The van der Waals surface area contributed by atoms with Gasteiger partial charge in [0.25, 0.3) is 0 Å². The van der Waals surface area contributed by atoms with Crippen molar-refractivity contribution in [2.45, 2.75) is 26.2 Å². The lowest BCUT2D eigenvalue weighted by molar-refractivity contribution is 0.133. The predicted molar refractivity (Wildman–Crippen MR) is 53.4 cm³/mol. The van der Waals surface area contributed by atoms with E-state index in [2.05, 4.69) is 11.9 Å². The Bertz CT molecular complexity index is 112. The Balaban J connectivity index is 2.86. The number of unbranched alkanes of at least 4 members (excludes halogenated alkanes) is 1. The summed E-state index contributed by atoms with van der Waals surface area (Å²) in [6.07, 6.45) is 3.34. The van der Waals surface area contributed by atoms with Crippen LogP contribution in [0.25, 0.3) is 0 Å². The molecule has 0 aliphatic rings. The van der Waals surface area contributed by atoms with Gasteiger partial charge in [-0.25, -0.2) is 0 Å². The highest BCUT2D eigenvalue weighted by atomic mass is 16.5. The Hall–Kier alpha value is -0.340. The molecule has 1 N–H and O–H groups in total. The lowest BCUT2D eigenvalue weighted by Crippen LogP contribution is -2.08. The summed E-state index contributed by atoms with van der Waals surface area (Å²) in [4.78, 5) is 0. The van der Waals surface area contributed by atoms with Crippen molar-refractivity contribution in [3.8, 4) is 0 Å². The van der Waals surface area contributed by atoms with E-state index >= 15 is 0 Å². The second-order valence-corrected chi connectivity index (χ2v) is 3.13. The van der Waals surface area contributed by atoms with E-state index < -0.39 is 0 Å². The van der Waals surface area contributed by atoms with E-state index in [1.54, 1.807) is 0 Å². The van der Waals surface area contributed by atoms with Gasteiger partial charge in [-0.2, -0.15) is 0 Å². The summed E-state index contributed by atoms with van der Waals surface area (Å²) < 4.78 is 5.40. The van der Waals surface area contributed by atoms with Crippen LogP contribution in [0.5, 0.6) is 0 Å². The third kappa shape index (κ3) is 9.66. The molecule has 0 unspecified atom stereocenters. The molecule has 2 nitrogen and oxygen atoms in total. The van der Waals surface area contributed by atoms with Gasteiger partial charge in [0.1, 0.15) is 0 Å². The monoisotopic (exact) mass is 171 g/mol. The standard InChI is InChI=1S/C10H21NO/c1-10(2)6-9-12-8-5-4-7-11-3/h11H,1,4-9H2,2-3H3. The smallest absolute Gasteiger partial charge is 0.0502 e. The molecule has 0 bridgehead atoms. The summed E-state index contributed by atoms with van der Waals surface area (Å²) in [6, 6.07) is 0. The third-order valence-corrected chi connectivity index (χ3v) is 1.64. The zero-order valence-electron chi connectivity index (χ0n) is 8.36. The predicted octanol–water partition coefficient (Wildman–Crippen LogP) is 1.97. The van der Waals surface area contributed by atoms with Gasteiger partial charge >= 0.3 is 0 Å². The Morgan fingerprint density at radius 2 is 2.08 bits per heavy atom. The molecule has 0 amide bonds. The zero-order chi connectivity index (χ0) is 9.23. The Kier molecular flexibility index (Phi) is 8.51. The van der Waals surface area contributed by atoms with E-state index in [0.29, 0.717) is 0 Å². The summed E-state index contributed by atoms with van der Waals surface area (Å²) in [7, 11) is 1.97. The fraction of sp³-hybridized carbons (Fsp3) is 0.800. The minimum Gasteiger partial charge on any atom is -0.381 e. The molecule has 0 spiro atoms. The van der Waals surface area contributed by atoms with Crippen LogP contribution in [-0.2, 0) is 4.74 Å². The summed E-state index contributed by atoms with van der Waals surface area (Å²) in [5.41, 5.74) is 1.20. The first-order valence-corrected chi connectivity index (χ1v) is 4.64. The van der Waals surface area contributed by atoms with Crippen LogP contribution in [0, 0.1) is 0 Å². The van der Waals surface area contributed by atoms with Gasteiger partial charge in [0.15, 0.2) is 0 Å². The van der Waals surface area contributed by atoms with E-state index in [1.807, 2.05) is 14.0 Å². The quantitative estimate of drug-likeness (QED) is 0.445. The number of rotatable bonds is 8. The van der Waals surface area contributed by atoms with Gasteiger partial charge in [0.05, 0.1) is 6.61 Å². The van der Waals surface area contributed by atoms with Crippen LogP contribution in [0.2, 0.25) is 0 Å². The highest BCUT2D eigenvalue weighted by Gasteiger charge is 1.89. The summed E-state index contributed by atoms with van der Waals surface area (Å²) >= 11 is 0. The maximum absolute atomic E-state index is 5.40. The summed E-state index contributed by atoms with van der Waals surface area (Å²) in [5.74, 6) is 0. The largest absolute Gasteiger partial charge is 0.381 e. The van der Waals surface area contributed by atoms with Crippen LogP contribution in [0.4, 0.5) is 0 Å². The van der Waals surface area contributed by atoms with E-state index in [0.717, 1.165) is 32.6 Å². The Labute approximate surface area is 76.0 Å². The molecule has 0 aliphatic heterocycles. The molecule has 0 radical (unpaired) electrons. The van der Waals surface area contributed by atoms with Crippen molar-refractivity contribution in [2.75, 3.05) is 26.8 Å². The highest BCUT2D eigenvalue weighted by Crippen LogP contribution is 1.96. The Morgan fingerprint density at radius 1 is 1.33 bits per heavy atom. The maximum atomic E-state index is 5.40. The van der Waals surface area contributed by atoms with Gasteiger partial charge in [-0.3, -0.25) is 0 Å². The van der Waals surface area contributed by atoms with Crippen LogP contribution < -0.4 is 5.32 Å². The molecular weight excluding hydrogens is 150 g/mol. The zero-order valence-corrected chi connectivity index (χ0v) is 8.36. The minimum atomic E-state index is 0.828. The number of hydrogen-bond donors (Lipinski definition) is 1. The molecule has 12 heavy (non-hydrogen) atoms. The molecule has 0 fully saturated rings. The van der Waals surface area contributed by atoms with Crippen LogP contribution in [0.3, 0.4) is 0 Å². The van der Waals surface area contributed by atoms with Gasteiger partial charge in [-0.1, -0.05) is 5.57 Å². The molecule has 0 atom stereocenters. The lowest BCUT2D eigenvalue weighted by Gasteiger charge is -2.03. The second kappa shape index (κ2) is 8.75. The van der Waals surface area contributed by atoms with Crippen molar-refractivity contribution in [3.05, 3.63) is 12.2 Å². The molecule has 0 heterocycles. The fourth-order valence-electron chi connectivity index (χ4n) is 0.854. The van der Waals surface area contributed by atoms with E-state index in [4.69, 9.17) is 4.74 Å². The molecule has 0 rings (SSSR count). The third-order valence-electron chi connectivity index (χ3n) is 1.64. The summed E-state index contributed by atoms with van der Waals surface area (Å²) in [6.45, 7) is 8.64. The van der Waals surface area contributed by atoms with Gasteiger partial charge < -0.3 is 10.1 Å². The van der Waals surface area contributed by atoms with Crippen molar-refractivity contribution >= 4 is 0 Å². The second-order valence-electron chi connectivity index (χ2n) is 3.13. The van der Waals surface area contributed by atoms with Crippen molar-refractivity contribution < 1.29 is 4.74 Å². The molecule has 0 saturated carbocycles. The number of hydrogen-bond acceptors (Lipinski definition) is 2. The van der Waals surface area contributed by atoms with E-state index in [-0.39, 0.29) is 0 Å². The van der Waals surface area contributed by atoms with Gasteiger partial charge in [-0.15, -0.1) is 6.58 Å².